The van der Waals surface area contributed by atoms with Crippen molar-refractivity contribution in [3.63, 3.8) is 0 Å². The van der Waals surface area contributed by atoms with E-state index in [1.165, 1.54) is 31.0 Å². The smallest absolute Gasteiger partial charge is 0.339 e. The SMILES string of the molecule is CCOc1cc(CC(=O)N[C@@H](CC(C)C)c2ccccc2N2CCCCC2)ccc1C(=O)O.OCC(CO)N[C@H]1C[C@](O)(CO)[C@@H](O)[C@H](O)[C@H]1O. The monoisotopic (exact) mass is 719 g/mol. The maximum Gasteiger partial charge on any atom is 0.339 e. The summed E-state index contributed by atoms with van der Waals surface area (Å²) in [6, 6.07) is 11.6. The van der Waals surface area contributed by atoms with Gasteiger partial charge in [0.15, 0.2) is 0 Å². The molecular weight excluding hydrogens is 662 g/mol. The van der Waals surface area contributed by atoms with Gasteiger partial charge in [0.25, 0.3) is 0 Å². The van der Waals surface area contributed by atoms with E-state index in [0.717, 1.165) is 30.6 Å². The summed E-state index contributed by atoms with van der Waals surface area (Å²) < 4.78 is 5.49. The number of ether oxygens (including phenoxy) is 1. The van der Waals surface area contributed by atoms with Gasteiger partial charge in [-0.25, -0.2) is 4.79 Å². The van der Waals surface area contributed by atoms with Crippen LogP contribution in [0.25, 0.3) is 0 Å². The van der Waals surface area contributed by atoms with Gasteiger partial charge in [-0.3, -0.25) is 4.79 Å². The lowest BCUT2D eigenvalue weighted by Crippen LogP contribution is -2.68. The Balaban J connectivity index is 0.000000330. The molecule has 1 heterocycles. The number of carbonyl (C=O) groups excluding carboxylic acids is 1. The average molecular weight is 720 g/mol. The van der Waals surface area contributed by atoms with Gasteiger partial charge in [-0.15, -0.1) is 0 Å². The van der Waals surface area contributed by atoms with Crippen molar-refractivity contribution in [2.24, 2.45) is 5.92 Å². The number of aromatic carboxylic acids is 1. The summed E-state index contributed by atoms with van der Waals surface area (Å²) in [5, 5.41) is 81.0. The van der Waals surface area contributed by atoms with E-state index in [4.69, 9.17) is 20.1 Å². The molecule has 1 saturated carbocycles. The van der Waals surface area contributed by atoms with Crippen molar-refractivity contribution in [1.82, 2.24) is 10.6 Å². The number of carboxylic acid groups (broad SMARTS) is 1. The Bertz CT molecular complexity index is 1390. The number of piperidine rings is 1. The van der Waals surface area contributed by atoms with Gasteiger partial charge in [0.05, 0.1) is 51.0 Å². The van der Waals surface area contributed by atoms with E-state index in [-0.39, 0.29) is 30.4 Å². The summed E-state index contributed by atoms with van der Waals surface area (Å²) in [7, 11) is 0. The van der Waals surface area contributed by atoms with Crippen LogP contribution < -0.4 is 20.3 Å². The van der Waals surface area contributed by atoms with E-state index in [1.807, 2.05) is 6.07 Å². The van der Waals surface area contributed by atoms with E-state index in [1.54, 1.807) is 19.1 Å². The van der Waals surface area contributed by atoms with Crippen molar-refractivity contribution < 1.29 is 55.2 Å². The molecule has 4 rings (SSSR count). The van der Waals surface area contributed by atoms with Gasteiger partial charge in [0.1, 0.15) is 29.1 Å². The molecule has 2 fully saturated rings. The van der Waals surface area contributed by atoms with Gasteiger partial charge in [-0.2, -0.15) is 0 Å². The number of nitrogens with zero attached hydrogens (tertiary/aromatic N) is 1. The lowest BCUT2D eigenvalue weighted by molar-refractivity contribution is -0.207. The first-order valence-corrected chi connectivity index (χ1v) is 17.8. The summed E-state index contributed by atoms with van der Waals surface area (Å²) in [6.07, 6.45) is -0.224. The predicted molar refractivity (Wildman–Crippen MR) is 191 cm³/mol. The zero-order chi connectivity index (χ0) is 37.7. The number of aliphatic hydroxyl groups is 7. The second-order valence-corrected chi connectivity index (χ2v) is 13.8. The Morgan fingerprint density at radius 3 is 2.24 bits per heavy atom. The summed E-state index contributed by atoms with van der Waals surface area (Å²) in [5.41, 5.74) is 1.28. The number of benzene rings is 2. The lowest BCUT2D eigenvalue weighted by Gasteiger charge is -2.46. The van der Waals surface area contributed by atoms with Gasteiger partial charge < -0.3 is 61.1 Å². The number of nitrogens with one attached hydrogen (secondary N) is 2. The molecule has 1 aliphatic carbocycles. The normalized spacial score (nSPS) is 24.1. The van der Waals surface area contributed by atoms with Crippen molar-refractivity contribution in [2.45, 2.75) is 101 Å². The fourth-order valence-electron chi connectivity index (χ4n) is 6.65. The standard InChI is InChI=1S/C27H36N2O4.C10H21NO7/c1-4-33-25-17-20(12-13-22(25)27(31)32)18-26(30)28-23(16-19(2)3)21-10-6-7-11-24(21)29-14-8-5-9-15-29;12-2-5(3-13)11-6-1-10(18,4-14)9(17)8(16)7(6)15/h6-7,10-13,17,19,23H,4-5,8-9,14-16,18H2,1-3H3,(H,28,30)(H,31,32);5-9,11-18H,1-4H2/t23-;6-,7-,8+,9-,10-/m00/s1. The number of para-hydroxylation sites is 1. The van der Waals surface area contributed by atoms with E-state index < -0.39 is 61.8 Å². The molecule has 2 aromatic rings. The highest BCUT2D eigenvalue weighted by Crippen LogP contribution is 2.33. The Kier molecular flexibility index (Phi) is 16.5. The fourth-order valence-corrected chi connectivity index (χ4v) is 6.65. The molecule has 1 amide bonds. The van der Waals surface area contributed by atoms with Crippen LogP contribution in [0, 0.1) is 5.92 Å². The lowest BCUT2D eigenvalue weighted by atomic mass is 9.76. The Hall–Kier alpha value is -3.34. The van der Waals surface area contributed by atoms with Crippen LogP contribution in [0.15, 0.2) is 42.5 Å². The van der Waals surface area contributed by atoms with Crippen LogP contribution in [0.1, 0.15) is 80.4 Å². The number of amides is 1. The highest BCUT2D eigenvalue weighted by atomic mass is 16.5. The third-order valence-electron chi connectivity index (χ3n) is 9.37. The van der Waals surface area contributed by atoms with Crippen LogP contribution in [-0.2, 0) is 11.2 Å². The second kappa shape index (κ2) is 20.0. The van der Waals surface area contributed by atoms with Crippen molar-refractivity contribution in [2.75, 3.05) is 44.4 Å². The number of hydrogen-bond donors (Lipinski definition) is 10. The van der Waals surface area contributed by atoms with E-state index in [2.05, 4.69) is 47.6 Å². The quantitative estimate of drug-likeness (QED) is 0.123. The van der Waals surface area contributed by atoms with Gasteiger partial charge in [0.2, 0.25) is 5.91 Å². The number of hydrogen-bond acceptors (Lipinski definition) is 12. The molecule has 0 bridgehead atoms. The molecule has 2 aliphatic rings. The van der Waals surface area contributed by atoms with Gasteiger partial charge >= 0.3 is 5.97 Å². The summed E-state index contributed by atoms with van der Waals surface area (Å²) in [5.74, 6) is -0.408. The minimum absolute atomic E-state index is 0.0831. The molecular formula is C37H57N3O11. The van der Waals surface area contributed by atoms with Crippen molar-refractivity contribution in [3.05, 3.63) is 59.2 Å². The van der Waals surface area contributed by atoms with Crippen LogP contribution >= 0.6 is 0 Å². The van der Waals surface area contributed by atoms with Crippen molar-refractivity contribution in [1.29, 1.82) is 0 Å². The molecule has 51 heavy (non-hydrogen) atoms. The zero-order valence-electron chi connectivity index (χ0n) is 29.8. The molecule has 0 radical (unpaired) electrons. The predicted octanol–water partition coefficient (Wildman–Crippen LogP) is 0.728. The summed E-state index contributed by atoms with van der Waals surface area (Å²) in [4.78, 5) is 26.9. The molecule has 0 unspecified atom stereocenters. The molecule has 2 aromatic carbocycles. The maximum absolute atomic E-state index is 13.1. The topological polar surface area (TPSA) is 233 Å². The van der Waals surface area contributed by atoms with E-state index >= 15 is 0 Å². The molecule has 0 aromatic heterocycles. The average Bonchev–Trinajstić information content (AvgIpc) is 3.12. The van der Waals surface area contributed by atoms with Crippen LogP contribution in [0.4, 0.5) is 5.69 Å². The molecule has 6 atom stereocenters. The molecule has 14 heteroatoms. The third kappa shape index (κ3) is 11.6. The number of anilines is 1. The summed E-state index contributed by atoms with van der Waals surface area (Å²) >= 11 is 0. The Labute approximate surface area is 299 Å². The van der Waals surface area contributed by atoms with Gasteiger partial charge in [-0.05, 0) is 74.3 Å². The number of rotatable bonds is 15. The number of carboxylic acids is 1. The van der Waals surface area contributed by atoms with E-state index in [9.17, 15) is 35.1 Å². The second-order valence-electron chi connectivity index (χ2n) is 13.8. The third-order valence-corrected chi connectivity index (χ3v) is 9.37. The van der Waals surface area contributed by atoms with Crippen molar-refractivity contribution >= 4 is 17.6 Å². The Morgan fingerprint density at radius 2 is 1.65 bits per heavy atom. The molecule has 10 N–H and O–H groups in total. The first-order valence-electron chi connectivity index (χ1n) is 17.8. The maximum atomic E-state index is 13.1. The fraction of sp³-hybridized carbons (Fsp3) is 0.622. The molecule has 1 saturated heterocycles. The zero-order valence-corrected chi connectivity index (χ0v) is 29.8. The number of carbonyl (C=O) groups is 2. The van der Waals surface area contributed by atoms with Gasteiger partial charge in [0, 0.05) is 24.8 Å². The molecule has 14 nitrogen and oxygen atoms in total. The summed E-state index contributed by atoms with van der Waals surface area (Å²) in [6.45, 7) is 7.04. The highest BCUT2D eigenvalue weighted by molar-refractivity contribution is 5.91. The highest BCUT2D eigenvalue weighted by Gasteiger charge is 2.51. The molecule has 286 valence electrons. The van der Waals surface area contributed by atoms with Crippen LogP contribution in [0.5, 0.6) is 5.75 Å². The van der Waals surface area contributed by atoms with Crippen LogP contribution in [-0.4, -0.2) is 128 Å². The van der Waals surface area contributed by atoms with Gasteiger partial charge in [-0.1, -0.05) is 38.1 Å². The minimum atomic E-state index is -1.94. The van der Waals surface area contributed by atoms with Crippen LogP contribution in [0.3, 0.4) is 0 Å². The molecule has 0 spiro atoms. The minimum Gasteiger partial charge on any atom is -0.493 e. The molecule has 1 aliphatic heterocycles. The first-order chi connectivity index (χ1) is 24.3. The Morgan fingerprint density at radius 1 is 0.980 bits per heavy atom. The van der Waals surface area contributed by atoms with E-state index in [0.29, 0.717) is 18.3 Å². The largest absolute Gasteiger partial charge is 0.493 e. The van der Waals surface area contributed by atoms with Crippen LogP contribution in [0.2, 0.25) is 0 Å². The first kappa shape index (κ1) is 42.1. The van der Waals surface area contributed by atoms with Crippen molar-refractivity contribution in [3.8, 4) is 5.75 Å². The number of aliphatic hydroxyl groups excluding tert-OH is 6.